The van der Waals surface area contributed by atoms with Gasteiger partial charge in [0.2, 0.25) is 0 Å². The maximum Gasteiger partial charge on any atom is 0.309 e. The molecular formula is C10H19NO4. The Labute approximate surface area is 89.6 Å². The molecule has 0 aromatic rings. The molecular weight excluding hydrogens is 198 g/mol. The molecule has 0 bridgehead atoms. The maximum absolute atomic E-state index is 11.2. The van der Waals surface area contributed by atoms with Gasteiger partial charge in [0.1, 0.15) is 0 Å². The number of aliphatic carboxylic acids is 1. The second-order valence-electron chi connectivity index (χ2n) is 3.99. The Morgan fingerprint density at radius 2 is 2.07 bits per heavy atom. The number of ether oxygens (including phenoxy) is 1. The van der Waals surface area contributed by atoms with Crippen LogP contribution in [0.5, 0.6) is 0 Å². The highest BCUT2D eigenvalue weighted by Gasteiger charge is 2.40. The standard InChI is InChI=1S/C10H19NO4/c1-2-15-8-5-10(9(12)13)3-6-11(14)7-4-10/h14H,2-8H2,1H3,(H,12,13). The number of nitrogens with zero attached hydrogens (tertiary/aromatic N) is 1. The van der Waals surface area contributed by atoms with Gasteiger partial charge in [-0.1, -0.05) is 0 Å². The zero-order valence-corrected chi connectivity index (χ0v) is 9.11. The Bertz CT molecular complexity index is 211. The molecule has 5 heteroatoms. The summed E-state index contributed by atoms with van der Waals surface area (Å²) in [7, 11) is 0. The van der Waals surface area contributed by atoms with Gasteiger partial charge in [-0.2, -0.15) is 5.06 Å². The molecule has 5 nitrogen and oxygen atoms in total. The second-order valence-corrected chi connectivity index (χ2v) is 3.99. The van der Waals surface area contributed by atoms with E-state index in [0.717, 1.165) is 0 Å². The Morgan fingerprint density at radius 3 is 2.53 bits per heavy atom. The van der Waals surface area contributed by atoms with E-state index in [2.05, 4.69) is 0 Å². The zero-order chi connectivity index (χ0) is 11.3. The monoisotopic (exact) mass is 217 g/mol. The Hall–Kier alpha value is -0.650. The smallest absolute Gasteiger partial charge is 0.309 e. The number of carboxylic acid groups (broad SMARTS) is 1. The molecule has 0 saturated carbocycles. The molecule has 1 aliphatic rings. The van der Waals surface area contributed by atoms with Gasteiger partial charge in [0.25, 0.3) is 0 Å². The minimum absolute atomic E-state index is 0.429. The molecule has 88 valence electrons. The fourth-order valence-electron chi connectivity index (χ4n) is 1.91. The van der Waals surface area contributed by atoms with Crippen molar-refractivity contribution in [1.82, 2.24) is 5.06 Å². The summed E-state index contributed by atoms with van der Waals surface area (Å²) >= 11 is 0. The van der Waals surface area contributed by atoms with Crippen LogP contribution >= 0.6 is 0 Å². The summed E-state index contributed by atoms with van der Waals surface area (Å²) in [5, 5.41) is 19.6. The molecule has 0 aromatic heterocycles. The molecule has 0 amide bonds. The first-order valence-corrected chi connectivity index (χ1v) is 5.36. The largest absolute Gasteiger partial charge is 0.481 e. The number of carboxylic acids is 1. The number of carbonyl (C=O) groups is 1. The van der Waals surface area contributed by atoms with Crippen molar-refractivity contribution in [3.8, 4) is 0 Å². The molecule has 1 heterocycles. The van der Waals surface area contributed by atoms with Gasteiger partial charge in [-0.3, -0.25) is 4.79 Å². The van der Waals surface area contributed by atoms with Crippen LogP contribution in [0.2, 0.25) is 0 Å². The van der Waals surface area contributed by atoms with Gasteiger partial charge in [0.15, 0.2) is 0 Å². The van der Waals surface area contributed by atoms with Crippen LogP contribution < -0.4 is 0 Å². The minimum Gasteiger partial charge on any atom is -0.481 e. The Morgan fingerprint density at radius 1 is 1.47 bits per heavy atom. The number of hydrogen-bond acceptors (Lipinski definition) is 4. The van der Waals surface area contributed by atoms with Crippen molar-refractivity contribution in [1.29, 1.82) is 0 Å². The number of piperidine rings is 1. The van der Waals surface area contributed by atoms with E-state index in [-0.39, 0.29) is 0 Å². The predicted molar refractivity (Wildman–Crippen MR) is 53.8 cm³/mol. The summed E-state index contributed by atoms with van der Waals surface area (Å²) in [6.07, 6.45) is 1.52. The van der Waals surface area contributed by atoms with Crippen molar-refractivity contribution >= 4 is 5.97 Å². The van der Waals surface area contributed by atoms with Crippen LogP contribution in [0.25, 0.3) is 0 Å². The van der Waals surface area contributed by atoms with Crippen molar-refractivity contribution in [2.45, 2.75) is 26.2 Å². The lowest BCUT2D eigenvalue weighted by Gasteiger charge is -2.36. The van der Waals surface area contributed by atoms with Crippen molar-refractivity contribution < 1.29 is 19.8 Å². The average molecular weight is 217 g/mol. The molecule has 0 unspecified atom stereocenters. The molecule has 1 rings (SSSR count). The molecule has 15 heavy (non-hydrogen) atoms. The molecule has 1 fully saturated rings. The van der Waals surface area contributed by atoms with Crippen LogP contribution in [-0.4, -0.2) is 47.6 Å². The molecule has 0 aliphatic carbocycles. The highest BCUT2D eigenvalue weighted by atomic mass is 16.5. The van der Waals surface area contributed by atoms with Crippen LogP contribution in [0.4, 0.5) is 0 Å². The van der Waals surface area contributed by atoms with E-state index in [4.69, 9.17) is 4.74 Å². The van der Waals surface area contributed by atoms with E-state index >= 15 is 0 Å². The molecule has 0 spiro atoms. The minimum atomic E-state index is -0.768. The van der Waals surface area contributed by atoms with E-state index in [0.29, 0.717) is 45.6 Å². The quantitative estimate of drug-likeness (QED) is 0.671. The zero-order valence-electron chi connectivity index (χ0n) is 9.11. The molecule has 0 radical (unpaired) electrons. The number of hydroxylamine groups is 2. The molecule has 0 aromatic carbocycles. The van der Waals surface area contributed by atoms with Crippen LogP contribution in [0.1, 0.15) is 26.2 Å². The van der Waals surface area contributed by atoms with Gasteiger partial charge in [0.05, 0.1) is 5.41 Å². The normalized spacial score (nSPS) is 21.5. The van der Waals surface area contributed by atoms with Crippen molar-refractivity contribution in [2.75, 3.05) is 26.3 Å². The number of hydrogen-bond donors (Lipinski definition) is 2. The molecule has 1 saturated heterocycles. The first kappa shape index (κ1) is 12.4. The Kier molecular flexibility index (Phi) is 4.50. The first-order valence-electron chi connectivity index (χ1n) is 5.36. The van der Waals surface area contributed by atoms with Crippen molar-refractivity contribution in [2.24, 2.45) is 5.41 Å². The van der Waals surface area contributed by atoms with Crippen LogP contribution in [0, 0.1) is 5.41 Å². The lowest BCUT2D eigenvalue weighted by atomic mass is 9.76. The number of rotatable bonds is 5. The molecule has 2 N–H and O–H groups in total. The van der Waals surface area contributed by atoms with Crippen LogP contribution in [-0.2, 0) is 9.53 Å². The van der Waals surface area contributed by atoms with Crippen LogP contribution in [0.3, 0.4) is 0 Å². The third kappa shape index (κ3) is 3.15. The van der Waals surface area contributed by atoms with Gasteiger partial charge >= 0.3 is 5.97 Å². The highest BCUT2D eigenvalue weighted by Crippen LogP contribution is 2.34. The summed E-state index contributed by atoms with van der Waals surface area (Å²) in [4.78, 5) is 11.2. The summed E-state index contributed by atoms with van der Waals surface area (Å²) in [5.41, 5.74) is -0.700. The fourth-order valence-corrected chi connectivity index (χ4v) is 1.91. The lowest BCUT2D eigenvalue weighted by molar-refractivity contribution is -0.166. The lowest BCUT2D eigenvalue weighted by Crippen LogP contribution is -2.43. The summed E-state index contributed by atoms with van der Waals surface area (Å²) in [6.45, 7) is 3.84. The van der Waals surface area contributed by atoms with Gasteiger partial charge in [0, 0.05) is 26.3 Å². The van der Waals surface area contributed by atoms with Gasteiger partial charge < -0.3 is 15.1 Å². The second kappa shape index (κ2) is 5.44. The Balaban J connectivity index is 2.51. The van der Waals surface area contributed by atoms with E-state index in [1.165, 1.54) is 5.06 Å². The topological polar surface area (TPSA) is 70.0 Å². The van der Waals surface area contributed by atoms with Crippen molar-refractivity contribution in [3.05, 3.63) is 0 Å². The van der Waals surface area contributed by atoms with E-state index < -0.39 is 11.4 Å². The van der Waals surface area contributed by atoms with Gasteiger partial charge in [-0.05, 0) is 26.2 Å². The SMILES string of the molecule is CCOCCC1(C(=O)O)CCN(O)CC1. The first-order chi connectivity index (χ1) is 7.10. The predicted octanol–water partition coefficient (Wildman–Crippen LogP) is 0.969. The molecule has 1 aliphatic heterocycles. The average Bonchev–Trinajstić information content (AvgIpc) is 2.21. The third-order valence-electron chi connectivity index (χ3n) is 3.08. The summed E-state index contributed by atoms with van der Waals surface area (Å²) in [6, 6.07) is 0. The van der Waals surface area contributed by atoms with E-state index in [1.54, 1.807) is 0 Å². The summed E-state index contributed by atoms with van der Waals surface area (Å²) < 4.78 is 5.20. The van der Waals surface area contributed by atoms with Crippen molar-refractivity contribution in [3.63, 3.8) is 0 Å². The van der Waals surface area contributed by atoms with E-state index in [9.17, 15) is 15.1 Å². The highest BCUT2D eigenvalue weighted by molar-refractivity contribution is 5.74. The molecule has 0 atom stereocenters. The maximum atomic E-state index is 11.2. The summed E-state index contributed by atoms with van der Waals surface area (Å²) in [5.74, 6) is -0.768. The van der Waals surface area contributed by atoms with Crippen LogP contribution in [0.15, 0.2) is 0 Å². The van der Waals surface area contributed by atoms with Gasteiger partial charge in [-0.25, -0.2) is 0 Å². The van der Waals surface area contributed by atoms with Gasteiger partial charge in [-0.15, -0.1) is 0 Å². The van der Waals surface area contributed by atoms with E-state index in [1.807, 2.05) is 6.92 Å². The fraction of sp³-hybridized carbons (Fsp3) is 0.900. The third-order valence-corrected chi connectivity index (χ3v) is 3.08.